The molecule has 1 saturated heterocycles. The molecule has 2 heterocycles. The first-order valence-corrected chi connectivity index (χ1v) is 7.14. The van der Waals surface area contributed by atoms with Crippen LogP contribution in [0, 0.1) is 0 Å². The van der Waals surface area contributed by atoms with Crippen molar-refractivity contribution in [1.82, 2.24) is 15.1 Å². The van der Waals surface area contributed by atoms with Crippen LogP contribution in [0.4, 0.5) is 0 Å². The van der Waals surface area contributed by atoms with Crippen LogP contribution < -0.4 is 5.32 Å². The first-order valence-electron chi connectivity index (χ1n) is 7.14. The predicted molar refractivity (Wildman–Crippen MR) is 79.3 cm³/mol. The molecule has 1 aliphatic rings. The summed E-state index contributed by atoms with van der Waals surface area (Å²) in [6.45, 7) is 6.30. The molecule has 0 bridgehead atoms. The topological polar surface area (TPSA) is 48.7 Å². The van der Waals surface area contributed by atoms with Gasteiger partial charge in [-0.05, 0) is 38.2 Å². The average molecular weight is 277 g/mol. The molecule has 0 unspecified atom stereocenters. The number of amides is 1. The van der Waals surface area contributed by atoms with Crippen LogP contribution in [0.1, 0.15) is 12.2 Å². The monoisotopic (exact) mass is 277 g/mol. The zero-order chi connectivity index (χ0) is 14.2. The van der Waals surface area contributed by atoms with Gasteiger partial charge in [0.05, 0.1) is 6.26 Å². The maximum atomic E-state index is 11.6. The molecule has 0 aliphatic carbocycles. The number of piperazine rings is 1. The summed E-state index contributed by atoms with van der Waals surface area (Å²) in [4.78, 5) is 16.4. The van der Waals surface area contributed by atoms with Crippen LogP contribution in [-0.4, -0.2) is 62.0 Å². The SMILES string of the molecule is CN1CCN(CCCNC(=O)/C=C/c2ccco2)CC1. The Morgan fingerprint density at radius 1 is 1.40 bits per heavy atom. The highest BCUT2D eigenvalue weighted by Crippen LogP contribution is 2.02. The first-order chi connectivity index (χ1) is 9.74. The molecule has 1 aromatic heterocycles. The molecule has 1 aliphatic heterocycles. The van der Waals surface area contributed by atoms with E-state index in [2.05, 4.69) is 22.2 Å². The molecular formula is C15H23N3O2. The van der Waals surface area contributed by atoms with Crippen molar-refractivity contribution in [3.63, 3.8) is 0 Å². The number of likely N-dealkylation sites (N-methyl/N-ethyl adjacent to an activating group) is 1. The Morgan fingerprint density at radius 2 is 2.20 bits per heavy atom. The Morgan fingerprint density at radius 3 is 2.90 bits per heavy atom. The lowest BCUT2D eigenvalue weighted by molar-refractivity contribution is -0.116. The summed E-state index contributed by atoms with van der Waals surface area (Å²) in [5.41, 5.74) is 0. The molecule has 1 aromatic rings. The molecule has 1 fully saturated rings. The summed E-state index contributed by atoms with van der Waals surface area (Å²) in [7, 11) is 2.16. The van der Waals surface area contributed by atoms with E-state index in [4.69, 9.17) is 4.42 Å². The second-order valence-electron chi connectivity index (χ2n) is 5.14. The average Bonchev–Trinajstić information content (AvgIpc) is 2.96. The molecule has 5 heteroatoms. The highest BCUT2D eigenvalue weighted by atomic mass is 16.3. The molecule has 5 nitrogen and oxygen atoms in total. The van der Waals surface area contributed by atoms with E-state index >= 15 is 0 Å². The van der Waals surface area contributed by atoms with Crippen molar-refractivity contribution in [2.24, 2.45) is 0 Å². The Hall–Kier alpha value is -1.59. The number of nitrogens with zero attached hydrogens (tertiary/aromatic N) is 2. The third-order valence-corrected chi connectivity index (χ3v) is 3.49. The number of hydrogen-bond acceptors (Lipinski definition) is 4. The van der Waals surface area contributed by atoms with E-state index in [0.717, 1.165) is 39.1 Å². The quantitative estimate of drug-likeness (QED) is 0.623. The van der Waals surface area contributed by atoms with Gasteiger partial charge < -0.3 is 19.5 Å². The van der Waals surface area contributed by atoms with E-state index in [0.29, 0.717) is 12.3 Å². The zero-order valence-electron chi connectivity index (χ0n) is 12.0. The van der Waals surface area contributed by atoms with Gasteiger partial charge in [-0.25, -0.2) is 0 Å². The minimum Gasteiger partial charge on any atom is -0.465 e. The molecule has 110 valence electrons. The lowest BCUT2D eigenvalue weighted by atomic mass is 10.3. The second-order valence-corrected chi connectivity index (χ2v) is 5.14. The van der Waals surface area contributed by atoms with E-state index in [1.54, 1.807) is 18.4 Å². The molecule has 0 aromatic carbocycles. The highest BCUT2D eigenvalue weighted by Gasteiger charge is 2.12. The van der Waals surface area contributed by atoms with Gasteiger partial charge in [-0.2, -0.15) is 0 Å². The summed E-state index contributed by atoms with van der Waals surface area (Å²) in [5.74, 6) is 0.623. The minimum atomic E-state index is -0.0697. The number of nitrogens with one attached hydrogen (secondary N) is 1. The molecule has 0 spiro atoms. The van der Waals surface area contributed by atoms with Gasteiger partial charge in [0, 0.05) is 38.8 Å². The van der Waals surface area contributed by atoms with Crippen LogP contribution in [0.3, 0.4) is 0 Å². The van der Waals surface area contributed by atoms with Crippen molar-refractivity contribution in [3.8, 4) is 0 Å². The largest absolute Gasteiger partial charge is 0.465 e. The fraction of sp³-hybridized carbons (Fsp3) is 0.533. The van der Waals surface area contributed by atoms with Crippen LogP contribution in [0.2, 0.25) is 0 Å². The third-order valence-electron chi connectivity index (χ3n) is 3.49. The minimum absolute atomic E-state index is 0.0697. The predicted octanol–water partition coefficient (Wildman–Crippen LogP) is 1.05. The van der Waals surface area contributed by atoms with Crippen LogP contribution in [0.25, 0.3) is 6.08 Å². The lowest BCUT2D eigenvalue weighted by Crippen LogP contribution is -2.45. The van der Waals surface area contributed by atoms with E-state index in [1.807, 2.05) is 6.07 Å². The van der Waals surface area contributed by atoms with Crippen molar-refractivity contribution < 1.29 is 9.21 Å². The Kier molecular flexibility index (Phi) is 5.83. The number of furan rings is 1. The van der Waals surface area contributed by atoms with Crippen LogP contribution in [-0.2, 0) is 4.79 Å². The summed E-state index contributed by atoms with van der Waals surface area (Å²) in [6.07, 6.45) is 5.77. The number of carbonyl (C=O) groups is 1. The van der Waals surface area contributed by atoms with Crippen molar-refractivity contribution in [2.75, 3.05) is 46.3 Å². The van der Waals surface area contributed by atoms with E-state index in [9.17, 15) is 4.79 Å². The number of rotatable bonds is 6. The first kappa shape index (κ1) is 14.8. The zero-order valence-corrected chi connectivity index (χ0v) is 12.0. The number of carbonyl (C=O) groups excluding carboxylic acids is 1. The fourth-order valence-electron chi connectivity index (χ4n) is 2.19. The second kappa shape index (κ2) is 7.87. The van der Waals surface area contributed by atoms with Gasteiger partial charge in [0.1, 0.15) is 5.76 Å². The Balaban J connectivity index is 1.55. The van der Waals surface area contributed by atoms with Gasteiger partial charge in [0.2, 0.25) is 5.91 Å². The molecule has 20 heavy (non-hydrogen) atoms. The molecule has 0 atom stereocenters. The molecule has 0 radical (unpaired) electrons. The van der Waals surface area contributed by atoms with E-state index in [-0.39, 0.29) is 5.91 Å². The Bertz CT molecular complexity index is 420. The standard InChI is InChI=1S/C15H23N3O2/c1-17-9-11-18(12-10-17)8-3-7-16-15(19)6-5-14-4-2-13-20-14/h2,4-6,13H,3,7-12H2,1H3,(H,16,19)/b6-5+. The van der Waals surface area contributed by atoms with E-state index < -0.39 is 0 Å². The molecule has 2 rings (SSSR count). The third kappa shape index (κ3) is 5.19. The Labute approximate surface area is 120 Å². The smallest absolute Gasteiger partial charge is 0.244 e. The van der Waals surface area contributed by atoms with Gasteiger partial charge in [0.15, 0.2) is 0 Å². The van der Waals surface area contributed by atoms with Crippen molar-refractivity contribution in [3.05, 3.63) is 30.2 Å². The van der Waals surface area contributed by atoms with Gasteiger partial charge in [-0.1, -0.05) is 0 Å². The van der Waals surface area contributed by atoms with Gasteiger partial charge in [-0.15, -0.1) is 0 Å². The van der Waals surface area contributed by atoms with Crippen molar-refractivity contribution in [1.29, 1.82) is 0 Å². The molecule has 0 saturated carbocycles. The highest BCUT2D eigenvalue weighted by molar-refractivity contribution is 5.91. The van der Waals surface area contributed by atoms with Gasteiger partial charge in [-0.3, -0.25) is 4.79 Å². The molecular weight excluding hydrogens is 254 g/mol. The van der Waals surface area contributed by atoms with Crippen molar-refractivity contribution in [2.45, 2.75) is 6.42 Å². The maximum absolute atomic E-state index is 11.6. The van der Waals surface area contributed by atoms with Crippen LogP contribution in [0.5, 0.6) is 0 Å². The maximum Gasteiger partial charge on any atom is 0.244 e. The summed E-state index contributed by atoms with van der Waals surface area (Å²) >= 11 is 0. The summed E-state index contributed by atoms with van der Waals surface area (Å²) in [5, 5.41) is 2.89. The van der Waals surface area contributed by atoms with Gasteiger partial charge >= 0.3 is 0 Å². The molecule has 1 N–H and O–H groups in total. The van der Waals surface area contributed by atoms with E-state index in [1.165, 1.54) is 6.08 Å². The summed E-state index contributed by atoms with van der Waals surface area (Å²) < 4.78 is 5.12. The lowest BCUT2D eigenvalue weighted by Gasteiger charge is -2.32. The number of hydrogen-bond donors (Lipinski definition) is 1. The fourth-order valence-corrected chi connectivity index (χ4v) is 2.19. The van der Waals surface area contributed by atoms with Crippen LogP contribution >= 0.6 is 0 Å². The van der Waals surface area contributed by atoms with Gasteiger partial charge in [0.25, 0.3) is 0 Å². The van der Waals surface area contributed by atoms with Crippen LogP contribution in [0.15, 0.2) is 28.9 Å². The summed E-state index contributed by atoms with van der Waals surface area (Å²) in [6, 6.07) is 3.62. The normalized spacial score (nSPS) is 17.6. The molecule has 1 amide bonds. The van der Waals surface area contributed by atoms with Crippen molar-refractivity contribution >= 4 is 12.0 Å².